The van der Waals surface area contributed by atoms with Gasteiger partial charge in [0.1, 0.15) is 4.91 Å². The highest BCUT2D eigenvalue weighted by Gasteiger charge is 2.38. The van der Waals surface area contributed by atoms with Gasteiger partial charge in [0.2, 0.25) is 0 Å². The number of thioether (sulfide) groups is 2. The van der Waals surface area contributed by atoms with E-state index in [0.717, 1.165) is 49.8 Å². The predicted octanol–water partition coefficient (Wildman–Crippen LogP) is 6.42. The number of hydrogen-bond donors (Lipinski definition) is 0. The number of aryl methyl sites for hydroxylation is 1. The Morgan fingerprint density at radius 1 is 1.14 bits per heavy atom. The molecule has 7 heteroatoms. The van der Waals surface area contributed by atoms with E-state index >= 15 is 0 Å². The predicted molar refractivity (Wildman–Crippen MR) is 125 cm³/mol. The normalized spacial score (nSPS) is 20.1. The average molecular weight is 444 g/mol. The van der Waals surface area contributed by atoms with Gasteiger partial charge in [-0.05, 0) is 54.9 Å². The number of amidine groups is 1. The first kappa shape index (κ1) is 20.4. The zero-order valence-electron chi connectivity index (χ0n) is 16.6. The number of amides is 1. The minimum absolute atomic E-state index is 0.0315. The fourth-order valence-electron chi connectivity index (χ4n) is 3.24. The third-order valence-corrected chi connectivity index (χ3v) is 7.59. The molecule has 0 N–H and O–H groups in total. The third-order valence-electron chi connectivity index (χ3n) is 4.92. The summed E-state index contributed by atoms with van der Waals surface area (Å²) in [5.74, 6) is 0.0315. The van der Waals surface area contributed by atoms with E-state index in [1.54, 1.807) is 11.8 Å². The van der Waals surface area contributed by atoms with Crippen LogP contribution < -0.4 is 4.90 Å². The van der Waals surface area contributed by atoms with Crippen LogP contribution in [0.25, 0.3) is 0 Å². The summed E-state index contributed by atoms with van der Waals surface area (Å²) in [5.41, 5.74) is 3.03. The summed E-state index contributed by atoms with van der Waals surface area (Å²) in [6.45, 7) is 4.85. The van der Waals surface area contributed by atoms with E-state index in [1.807, 2.05) is 61.3 Å². The van der Waals surface area contributed by atoms with Crippen LogP contribution in [0.3, 0.4) is 0 Å². The number of carbonyl (C=O) groups excluding carboxylic acids is 1. The van der Waals surface area contributed by atoms with Gasteiger partial charge in [0, 0.05) is 23.5 Å². The Morgan fingerprint density at radius 2 is 1.93 bits per heavy atom. The van der Waals surface area contributed by atoms with Gasteiger partial charge in [-0.3, -0.25) is 9.69 Å². The highest BCUT2D eigenvalue weighted by molar-refractivity contribution is 8.19. The first-order valence-corrected chi connectivity index (χ1v) is 11.6. The number of aliphatic imine (C=N–C) groups is 1. The van der Waals surface area contributed by atoms with Crippen molar-refractivity contribution < 1.29 is 4.79 Å². The Bertz CT molecular complexity index is 1030. The van der Waals surface area contributed by atoms with Gasteiger partial charge in [-0.1, -0.05) is 54.9 Å². The van der Waals surface area contributed by atoms with Crippen molar-refractivity contribution in [3.05, 3.63) is 63.0 Å². The van der Waals surface area contributed by atoms with Gasteiger partial charge < -0.3 is 4.90 Å². The van der Waals surface area contributed by atoms with E-state index in [4.69, 9.17) is 16.6 Å². The molecule has 2 heterocycles. The van der Waals surface area contributed by atoms with Crippen molar-refractivity contribution in [2.75, 3.05) is 18.5 Å². The van der Waals surface area contributed by atoms with Crippen LogP contribution in [0.2, 0.25) is 5.02 Å². The molecule has 0 aromatic heterocycles. The number of benzene rings is 2. The molecule has 0 unspecified atom stereocenters. The van der Waals surface area contributed by atoms with Crippen LogP contribution in [0.1, 0.15) is 25.3 Å². The lowest BCUT2D eigenvalue weighted by molar-refractivity contribution is -0.122. The molecule has 1 saturated heterocycles. The summed E-state index contributed by atoms with van der Waals surface area (Å²) >= 11 is 9.26. The molecular weight excluding hydrogens is 422 g/mol. The fourth-order valence-corrected chi connectivity index (χ4v) is 5.75. The van der Waals surface area contributed by atoms with Crippen LogP contribution >= 0.6 is 35.1 Å². The molecular formula is C22H22ClN3OS2. The summed E-state index contributed by atoms with van der Waals surface area (Å²) < 4.78 is 0. The van der Waals surface area contributed by atoms with Gasteiger partial charge in [0.15, 0.2) is 5.17 Å². The number of anilines is 1. The van der Waals surface area contributed by atoms with E-state index in [-0.39, 0.29) is 5.91 Å². The number of carbonyl (C=O) groups is 1. The van der Waals surface area contributed by atoms with Crippen LogP contribution in [0.4, 0.5) is 11.4 Å². The van der Waals surface area contributed by atoms with E-state index in [0.29, 0.717) is 11.6 Å². The quantitative estimate of drug-likeness (QED) is 0.510. The lowest BCUT2D eigenvalue weighted by Gasteiger charge is -2.16. The molecule has 0 radical (unpaired) electrons. The molecule has 0 bridgehead atoms. The smallest absolute Gasteiger partial charge is 0.269 e. The first-order chi connectivity index (χ1) is 14.0. The summed E-state index contributed by atoms with van der Waals surface area (Å²) in [7, 11) is 1.98. The molecule has 1 fully saturated rings. The largest absolute Gasteiger partial charge is 0.337 e. The van der Waals surface area contributed by atoms with Crippen molar-refractivity contribution in [3.63, 3.8) is 0 Å². The minimum atomic E-state index is 0.0315. The van der Waals surface area contributed by atoms with Crippen LogP contribution in [0.5, 0.6) is 0 Å². The second-order valence-corrected chi connectivity index (χ2v) is 9.45. The second kappa shape index (κ2) is 8.46. The minimum Gasteiger partial charge on any atom is -0.337 e. The number of nitrogens with zero attached hydrogens (tertiary/aromatic N) is 3. The number of fused-ring (bicyclic) bond motifs is 1. The Morgan fingerprint density at radius 3 is 2.69 bits per heavy atom. The van der Waals surface area contributed by atoms with Gasteiger partial charge in [-0.2, -0.15) is 0 Å². The van der Waals surface area contributed by atoms with Gasteiger partial charge in [0.05, 0.1) is 16.4 Å². The summed E-state index contributed by atoms with van der Waals surface area (Å²) in [6.07, 6.45) is 1.97. The molecule has 2 aliphatic heterocycles. The molecule has 1 amide bonds. The monoisotopic (exact) mass is 443 g/mol. The molecule has 0 spiro atoms. The maximum absolute atomic E-state index is 13.3. The van der Waals surface area contributed by atoms with Crippen LogP contribution in [-0.2, 0) is 4.79 Å². The van der Waals surface area contributed by atoms with Gasteiger partial charge >= 0.3 is 0 Å². The molecule has 0 saturated carbocycles. The average Bonchev–Trinajstić information content (AvgIpc) is 3.19. The van der Waals surface area contributed by atoms with E-state index in [2.05, 4.69) is 11.8 Å². The van der Waals surface area contributed by atoms with Crippen molar-refractivity contribution in [2.45, 2.75) is 31.6 Å². The lowest BCUT2D eigenvalue weighted by Crippen LogP contribution is -2.30. The molecule has 29 heavy (non-hydrogen) atoms. The Labute approximate surface area is 185 Å². The van der Waals surface area contributed by atoms with Crippen LogP contribution in [-0.4, -0.2) is 29.6 Å². The molecule has 0 aliphatic carbocycles. The Balaban J connectivity index is 1.74. The van der Waals surface area contributed by atoms with Crippen molar-refractivity contribution >= 4 is 57.6 Å². The Hall–Kier alpha value is -1.89. The van der Waals surface area contributed by atoms with Gasteiger partial charge in [0.25, 0.3) is 5.91 Å². The maximum atomic E-state index is 13.3. The first-order valence-electron chi connectivity index (χ1n) is 9.59. The van der Waals surface area contributed by atoms with Crippen molar-refractivity contribution in [3.8, 4) is 0 Å². The fraction of sp³-hybridized carbons (Fsp3) is 0.273. The number of para-hydroxylation sites is 1. The van der Waals surface area contributed by atoms with E-state index in [1.165, 1.54) is 11.8 Å². The van der Waals surface area contributed by atoms with Crippen LogP contribution in [0, 0.1) is 6.92 Å². The molecule has 2 aliphatic rings. The summed E-state index contributed by atoms with van der Waals surface area (Å²) in [6, 6.07) is 13.8. The van der Waals surface area contributed by atoms with Crippen molar-refractivity contribution in [2.24, 2.45) is 4.99 Å². The molecule has 0 atom stereocenters. The number of halogens is 1. The van der Waals surface area contributed by atoms with Gasteiger partial charge in [-0.15, -0.1) is 0 Å². The summed E-state index contributed by atoms with van der Waals surface area (Å²) in [5, 5.41) is 2.39. The van der Waals surface area contributed by atoms with Crippen molar-refractivity contribution in [1.82, 2.24) is 4.90 Å². The standard InChI is InChI=1S/C22H22ClN3OS2/c1-4-5-12-26-20(27)19(29-22(26)24-16-9-7-6-8-14(16)2)21-25(3)17-13-15(23)10-11-18(17)28-21/h6-11,13H,4-5,12H2,1-3H3. The SMILES string of the molecule is CCCCN1C(=O)C(=C2Sc3ccc(Cl)cc3N2C)SC1=Nc1ccccc1C. The summed E-state index contributed by atoms with van der Waals surface area (Å²) in [4.78, 5) is 23.9. The molecule has 2 aromatic rings. The Kier molecular flexibility index (Phi) is 5.95. The highest BCUT2D eigenvalue weighted by Crippen LogP contribution is 2.50. The third kappa shape index (κ3) is 3.93. The topological polar surface area (TPSA) is 35.9 Å². The molecule has 4 rings (SSSR count). The lowest BCUT2D eigenvalue weighted by atomic mass is 10.2. The zero-order chi connectivity index (χ0) is 20.5. The molecule has 4 nitrogen and oxygen atoms in total. The molecule has 150 valence electrons. The zero-order valence-corrected chi connectivity index (χ0v) is 19.0. The number of rotatable bonds is 4. The molecule has 2 aromatic carbocycles. The number of hydrogen-bond acceptors (Lipinski definition) is 5. The maximum Gasteiger partial charge on any atom is 0.269 e. The van der Waals surface area contributed by atoms with Crippen LogP contribution in [0.15, 0.2) is 62.3 Å². The highest BCUT2D eigenvalue weighted by atomic mass is 35.5. The number of unbranched alkanes of at least 4 members (excludes halogenated alkanes) is 1. The van der Waals surface area contributed by atoms with E-state index < -0.39 is 0 Å². The van der Waals surface area contributed by atoms with Crippen molar-refractivity contribution in [1.29, 1.82) is 0 Å². The van der Waals surface area contributed by atoms with Gasteiger partial charge in [-0.25, -0.2) is 4.99 Å². The van der Waals surface area contributed by atoms with E-state index in [9.17, 15) is 4.79 Å². The second-order valence-electron chi connectivity index (χ2n) is 7.00.